The van der Waals surface area contributed by atoms with Gasteiger partial charge in [-0.15, -0.1) is 11.8 Å². The first kappa shape index (κ1) is 21.0. The van der Waals surface area contributed by atoms with E-state index in [9.17, 15) is 9.59 Å². The van der Waals surface area contributed by atoms with E-state index in [0.29, 0.717) is 12.2 Å². The molecule has 0 aromatic heterocycles. The van der Waals surface area contributed by atoms with Gasteiger partial charge < -0.3 is 20.7 Å². The Hall–Kier alpha value is -2.71. The summed E-state index contributed by atoms with van der Waals surface area (Å²) in [6.45, 7) is 3.70. The summed E-state index contributed by atoms with van der Waals surface area (Å²) >= 11 is 1.33. The molecule has 0 bridgehead atoms. The van der Waals surface area contributed by atoms with Gasteiger partial charge in [0.25, 0.3) is 0 Å². The molecule has 3 N–H and O–H groups in total. The molecule has 2 amide bonds. The number of nitrogens with two attached hydrogens (primary N) is 1. The molecular formula is C21H26N4O3S. The van der Waals surface area contributed by atoms with Gasteiger partial charge in [-0.1, -0.05) is 12.1 Å². The van der Waals surface area contributed by atoms with Crippen LogP contribution in [0.2, 0.25) is 0 Å². The number of anilines is 2. The molecule has 0 spiro atoms. The molecule has 0 aliphatic carbocycles. The smallest absolute Gasteiger partial charge is 0.238 e. The number of amides is 2. The fourth-order valence-corrected chi connectivity index (χ4v) is 3.94. The molecule has 1 fully saturated rings. The number of benzene rings is 2. The summed E-state index contributed by atoms with van der Waals surface area (Å²) in [7, 11) is 1.66. The van der Waals surface area contributed by atoms with Crippen LogP contribution in [0.3, 0.4) is 0 Å². The van der Waals surface area contributed by atoms with Crippen molar-refractivity contribution in [3.8, 4) is 5.75 Å². The van der Waals surface area contributed by atoms with Crippen molar-refractivity contribution in [1.29, 1.82) is 0 Å². The fourth-order valence-electron chi connectivity index (χ4n) is 3.19. The van der Waals surface area contributed by atoms with Crippen molar-refractivity contribution < 1.29 is 14.3 Å². The van der Waals surface area contributed by atoms with Crippen molar-refractivity contribution in [2.75, 3.05) is 55.8 Å². The first-order valence-corrected chi connectivity index (χ1v) is 10.4. The molecular weight excluding hydrogens is 388 g/mol. The standard InChI is InChI=1S/C21H26N4O3S/c1-28-17-8-6-16(7-9-17)25-12-10-24(11-13-25)14-21(27)23-18-4-2-3-5-19(18)29-15-20(22)26/h2-9H,10-15H2,1H3,(H2,22,26)(H,23,27). The minimum atomic E-state index is -0.383. The predicted octanol–water partition coefficient (Wildman–Crippen LogP) is 2.03. The van der Waals surface area contributed by atoms with Crippen molar-refractivity contribution in [1.82, 2.24) is 4.90 Å². The summed E-state index contributed by atoms with van der Waals surface area (Å²) in [5, 5.41) is 2.96. The zero-order valence-corrected chi connectivity index (χ0v) is 17.3. The van der Waals surface area contributed by atoms with Gasteiger partial charge in [-0.05, 0) is 36.4 Å². The highest BCUT2D eigenvalue weighted by atomic mass is 32.2. The number of primary amides is 1. The monoisotopic (exact) mass is 414 g/mol. The number of rotatable bonds is 8. The first-order valence-electron chi connectivity index (χ1n) is 9.46. The number of methoxy groups -OCH3 is 1. The quantitative estimate of drug-likeness (QED) is 0.643. The number of hydrogen-bond acceptors (Lipinski definition) is 6. The van der Waals surface area contributed by atoms with Gasteiger partial charge in [0.2, 0.25) is 11.8 Å². The molecule has 0 atom stereocenters. The number of carbonyl (C=O) groups is 2. The lowest BCUT2D eigenvalue weighted by Crippen LogP contribution is -2.48. The number of ether oxygens (including phenoxy) is 1. The van der Waals surface area contributed by atoms with Crippen LogP contribution in [-0.2, 0) is 9.59 Å². The molecule has 0 radical (unpaired) electrons. The van der Waals surface area contributed by atoms with Crippen molar-refractivity contribution in [3.05, 3.63) is 48.5 Å². The minimum absolute atomic E-state index is 0.0602. The van der Waals surface area contributed by atoms with E-state index in [1.165, 1.54) is 11.8 Å². The van der Waals surface area contributed by atoms with Gasteiger partial charge in [0.1, 0.15) is 5.75 Å². The lowest BCUT2D eigenvalue weighted by Gasteiger charge is -2.35. The molecule has 1 saturated heterocycles. The van der Waals surface area contributed by atoms with Crippen molar-refractivity contribution in [2.45, 2.75) is 4.90 Å². The molecule has 0 saturated carbocycles. The summed E-state index contributed by atoms with van der Waals surface area (Å²) in [6.07, 6.45) is 0. The van der Waals surface area contributed by atoms with E-state index in [-0.39, 0.29) is 17.6 Å². The number of piperazine rings is 1. The van der Waals surface area contributed by atoms with Crippen LogP contribution in [0.25, 0.3) is 0 Å². The third kappa shape index (κ3) is 6.13. The average Bonchev–Trinajstić information content (AvgIpc) is 2.73. The third-order valence-electron chi connectivity index (χ3n) is 4.71. The van der Waals surface area contributed by atoms with Crippen molar-refractivity contribution in [3.63, 3.8) is 0 Å². The second kappa shape index (κ2) is 10.2. The van der Waals surface area contributed by atoms with Crippen LogP contribution in [0.5, 0.6) is 5.75 Å². The summed E-state index contributed by atoms with van der Waals surface area (Å²) in [4.78, 5) is 28.8. The summed E-state index contributed by atoms with van der Waals surface area (Å²) in [5.41, 5.74) is 7.09. The largest absolute Gasteiger partial charge is 0.497 e. The van der Waals surface area contributed by atoms with Crippen molar-refractivity contribution in [2.24, 2.45) is 5.73 Å². The molecule has 2 aromatic carbocycles. The Labute approximate surface area is 175 Å². The molecule has 7 nitrogen and oxygen atoms in total. The highest BCUT2D eigenvalue weighted by Gasteiger charge is 2.19. The Kier molecular flexibility index (Phi) is 7.37. The van der Waals surface area contributed by atoms with E-state index < -0.39 is 0 Å². The van der Waals surface area contributed by atoms with E-state index in [4.69, 9.17) is 10.5 Å². The summed E-state index contributed by atoms with van der Waals surface area (Å²) < 4.78 is 5.21. The molecule has 2 aromatic rings. The Morgan fingerprint density at radius 1 is 1.07 bits per heavy atom. The topological polar surface area (TPSA) is 87.9 Å². The van der Waals surface area contributed by atoms with Crippen LogP contribution in [0.4, 0.5) is 11.4 Å². The van der Waals surface area contributed by atoms with Crippen molar-refractivity contribution >= 4 is 35.0 Å². The van der Waals surface area contributed by atoms with E-state index in [2.05, 4.69) is 27.2 Å². The van der Waals surface area contributed by atoms with Gasteiger partial charge in [-0.2, -0.15) is 0 Å². The van der Waals surface area contributed by atoms with Crippen LogP contribution in [0.15, 0.2) is 53.4 Å². The zero-order valence-electron chi connectivity index (χ0n) is 16.5. The van der Waals surface area contributed by atoms with Gasteiger partial charge >= 0.3 is 0 Å². The number of carbonyl (C=O) groups excluding carboxylic acids is 2. The maximum absolute atomic E-state index is 12.5. The minimum Gasteiger partial charge on any atom is -0.497 e. The summed E-state index contributed by atoms with van der Waals surface area (Å²) in [5.74, 6) is 0.583. The lowest BCUT2D eigenvalue weighted by atomic mass is 10.2. The van der Waals surface area contributed by atoms with E-state index in [1.807, 2.05) is 36.4 Å². The van der Waals surface area contributed by atoms with Gasteiger partial charge in [-0.25, -0.2) is 0 Å². The molecule has 0 unspecified atom stereocenters. The third-order valence-corrected chi connectivity index (χ3v) is 5.80. The van der Waals surface area contributed by atoms with Gasteiger partial charge in [0.15, 0.2) is 0 Å². The number of para-hydroxylation sites is 1. The van der Waals surface area contributed by atoms with Crippen LogP contribution in [0, 0.1) is 0 Å². The fraction of sp³-hybridized carbons (Fsp3) is 0.333. The first-order chi connectivity index (χ1) is 14.0. The number of nitrogens with one attached hydrogen (secondary N) is 1. The van der Waals surface area contributed by atoms with E-state index in [0.717, 1.165) is 42.5 Å². The van der Waals surface area contributed by atoms with E-state index >= 15 is 0 Å². The van der Waals surface area contributed by atoms with Crippen LogP contribution in [-0.4, -0.2) is 62.3 Å². The zero-order chi connectivity index (χ0) is 20.6. The SMILES string of the molecule is COc1ccc(N2CCN(CC(=O)Nc3ccccc3SCC(N)=O)CC2)cc1. The Balaban J connectivity index is 1.49. The number of nitrogens with zero attached hydrogens (tertiary/aromatic N) is 2. The van der Waals surface area contributed by atoms with Crippen LogP contribution < -0.4 is 20.7 Å². The molecule has 3 rings (SSSR count). The second-order valence-corrected chi connectivity index (χ2v) is 7.78. The molecule has 1 aliphatic rings. The lowest BCUT2D eigenvalue weighted by molar-refractivity contribution is -0.117. The highest BCUT2D eigenvalue weighted by Crippen LogP contribution is 2.26. The Bertz CT molecular complexity index is 836. The van der Waals surface area contributed by atoms with Gasteiger partial charge in [0, 0.05) is 36.8 Å². The average molecular weight is 415 g/mol. The Morgan fingerprint density at radius 2 is 1.76 bits per heavy atom. The van der Waals surface area contributed by atoms with Crippen LogP contribution >= 0.6 is 11.8 Å². The predicted molar refractivity (Wildman–Crippen MR) is 117 cm³/mol. The second-order valence-electron chi connectivity index (χ2n) is 6.76. The molecule has 1 aliphatic heterocycles. The van der Waals surface area contributed by atoms with Crippen LogP contribution in [0.1, 0.15) is 0 Å². The highest BCUT2D eigenvalue weighted by molar-refractivity contribution is 8.00. The molecule has 8 heteroatoms. The van der Waals surface area contributed by atoms with Gasteiger partial charge in [-0.3, -0.25) is 14.5 Å². The normalized spacial score (nSPS) is 14.4. The Morgan fingerprint density at radius 3 is 2.41 bits per heavy atom. The number of hydrogen-bond donors (Lipinski definition) is 2. The summed E-state index contributed by atoms with van der Waals surface area (Å²) in [6, 6.07) is 15.5. The van der Waals surface area contributed by atoms with Gasteiger partial charge in [0.05, 0.1) is 25.1 Å². The maximum Gasteiger partial charge on any atom is 0.238 e. The number of thioether (sulfide) groups is 1. The molecule has 154 valence electrons. The molecule has 1 heterocycles. The van der Waals surface area contributed by atoms with E-state index in [1.54, 1.807) is 7.11 Å². The maximum atomic E-state index is 12.5. The molecule has 29 heavy (non-hydrogen) atoms.